The van der Waals surface area contributed by atoms with Gasteiger partial charge in [0, 0.05) is 6.04 Å². The summed E-state index contributed by atoms with van der Waals surface area (Å²) in [6.07, 6.45) is 5.66. The zero-order valence-electron chi connectivity index (χ0n) is 11.5. The maximum Gasteiger partial charge on any atom is 0.323 e. The molecule has 0 aromatic carbocycles. The van der Waals surface area contributed by atoms with Gasteiger partial charge >= 0.3 is 5.97 Å². The molecule has 18 heavy (non-hydrogen) atoms. The number of carbonyl (C=O) groups excluding carboxylic acids is 1. The van der Waals surface area contributed by atoms with Crippen LogP contribution in [0.15, 0.2) is 0 Å². The van der Waals surface area contributed by atoms with Gasteiger partial charge in [0.1, 0.15) is 5.54 Å². The first-order valence-corrected chi connectivity index (χ1v) is 6.58. The molecule has 5 nitrogen and oxygen atoms in total. The van der Waals surface area contributed by atoms with Crippen LogP contribution in [-0.4, -0.2) is 47.1 Å². The van der Waals surface area contributed by atoms with Crippen molar-refractivity contribution >= 4 is 11.9 Å². The van der Waals surface area contributed by atoms with E-state index >= 15 is 0 Å². The summed E-state index contributed by atoms with van der Waals surface area (Å²) in [6, 6.07) is 0.271. The lowest BCUT2D eigenvalue weighted by Gasteiger charge is -2.31. The third kappa shape index (κ3) is 3.98. The molecule has 2 N–H and O–H groups in total. The fourth-order valence-electron chi connectivity index (χ4n) is 2.10. The molecule has 0 atom stereocenters. The lowest BCUT2D eigenvalue weighted by molar-refractivity contribution is -0.149. The minimum Gasteiger partial charge on any atom is -0.480 e. The van der Waals surface area contributed by atoms with E-state index in [1.807, 2.05) is 0 Å². The highest BCUT2D eigenvalue weighted by atomic mass is 16.4. The van der Waals surface area contributed by atoms with Crippen molar-refractivity contribution in [3.05, 3.63) is 0 Å². The van der Waals surface area contributed by atoms with Crippen LogP contribution in [-0.2, 0) is 9.59 Å². The highest BCUT2D eigenvalue weighted by molar-refractivity contribution is 5.81. The highest BCUT2D eigenvalue weighted by Gasteiger charge is 2.33. The Hall–Kier alpha value is -1.10. The second-order valence-corrected chi connectivity index (χ2v) is 5.62. The average molecular weight is 256 g/mol. The predicted octanol–water partition coefficient (Wildman–Crippen LogP) is 1.23. The molecular formula is C13H24N2O3. The Balaban J connectivity index is 2.41. The Morgan fingerprint density at radius 1 is 1.28 bits per heavy atom. The van der Waals surface area contributed by atoms with Gasteiger partial charge in [-0.05, 0) is 33.7 Å². The van der Waals surface area contributed by atoms with Crippen LogP contribution >= 0.6 is 0 Å². The van der Waals surface area contributed by atoms with Crippen LogP contribution in [0.2, 0.25) is 0 Å². The molecule has 0 aromatic rings. The van der Waals surface area contributed by atoms with Crippen LogP contribution in [0, 0.1) is 0 Å². The number of nitrogens with one attached hydrogen (secondary N) is 1. The summed E-state index contributed by atoms with van der Waals surface area (Å²) in [5, 5.41) is 12.1. The van der Waals surface area contributed by atoms with E-state index in [4.69, 9.17) is 5.11 Å². The molecule has 0 aliphatic heterocycles. The number of carboxylic acids is 1. The molecule has 1 aliphatic rings. The quantitative estimate of drug-likeness (QED) is 0.776. The number of hydrogen-bond donors (Lipinski definition) is 2. The van der Waals surface area contributed by atoms with Crippen LogP contribution < -0.4 is 5.32 Å². The Labute approximate surface area is 109 Å². The molecule has 1 amide bonds. The Morgan fingerprint density at radius 2 is 1.83 bits per heavy atom. The zero-order chi connectivity index (χ0) is 13.8. The fourth-order valence-corrected chi connectivity index (χ4v) is 2.10. The molecule has 1 saturated carbocycles. The third-order valence-corrected chi connectivity index (χ3v) is 3.83. The van der Waals surface area contributed by atoms with Crippen molar-refractivity contribution in [3.63, 3.8) is 0 Å². The molecule has 104 valence electrons. The van der Waals surface area contributed by atoms with Gasteiger partial charge in [0.25, 0.3) is 0 Å². The molecule has 1 fully saturated rings. The lowest BCUT2D eigenvalue weighted by Crippen LogP contribution is -2.52. The lowest BCUT2D eigenvalue weighted by atomic mass is 9.95. The molecule has 0 heterocycles. The summed E-state index contributed by atoms with van der Waals surface area (Å²) in [4.78, 5) is 24.5. The molecule has 1 aliphatic carbocycles. The molecule has 0 bridgehead atoms. The first-order valence-electron chi connectivity index (χ1n) is 6.58. The largest absolute Gasteiger partial charge is 0.480 e. The number of carboxylic acid groups (broad SMARTS) is 1. The van der Waals surface area contributed by atoms with E-state index < -0.39 is 11.5 Å². The van der Waals surface area contributed by atoms with Gasteiger partial charge in [0.2, 0.25) is 5.91 Å². The van der Waals surface area contributed by atoms with E-state index in [1.165, 1.54) is 19.3 Å². The van der Waals surface area contributed by atoms with Crippen molar-refractivity contribution in [1.82, 2.24) is 10.2 Å². The minimum absolute atomic E-state index is 0.0845. The van der Waals surface area contributed by atoms with Gasteiger partial charge in [-0.3, -0.25) is 14.5 Å². The fraction of sp³-hybridized carbons (Fsp3) is 0.846. The summed E-state index contributed by atoms with van der Waals surface area (Å²) in [5.74, 6) is -1.01. The maximum atomic E-state index is 11.8. The van der Waals surface area contributed by atoms with Gasteiger partial charge in [0.05, 0.1) is 6.54 Å². The predicted molar refractivity (Wildman–Crippen MR) is 69.4 cm³/mol. The molecule has 0 saturated heterocycles. The second-order valence-electron chi connectivity index (χ2n) is 5.62. The standard InChI is InChI=1S/C13H24N2O3/c1-13(2,12(17)18)15(3)9-11(16)14-10-7-5-4-6-8-10/h10H,4-9H2,1-3H3,(H,14,16)(H,17,18). The van der Waals surface area contributed by atoms with E-state index in [0.717, 1.165) is 12.8 Å². The number of aliphatic carboxylic acids is 1. The SMILES string of the molecule is CN(CC(=O)NC1CCCCC1)C(C)(C)C(=O)O. The van der Waals surface area contributed by atoms with E-state index in [2.05, 4.69) is 5.32 Å². The minimum atomic E-state index is -1.02. The van der Waals surface area contributed by atoms with E-state index in [-0.39, 0.29) is 18.5 Å². The normalized spacial score (nSPS) is 17.8. The summed E-state index contributed by atoms with van der Waals surface area (Å²) in [7, 11) is 1.66. The van der Waals surface area contributed by atoms with Crippen molar-refractivity contribution < 1.29 is 14.7 Å². The number of nitrogens with zero attached hydrogens (tertiary/aromatic N) is 1. The van der Waals surface area contributed by atoms with Gasteiger partial charge < -0.3 is 10.4 Å². The molecule has 0 unspecified atom stereocenters. The number of amides is 1. The number of carbonyl (C=O) groups is 2. The van der Waals surface area contributed by atoms with Crippen LogP contribution in [0.4, 0.5) is 0 Å². The van der Waals surface area contributed by atoms with Crippen LogP contribution in [0.25, 0.3) is 0 Å². The number of rotatable bonds is 5. The van der Waals surface area contributed by atoms with Gasteiger partial charge in [-0.2, -0.15) is 0 Å². The Kier molecular flexibility index (Phi) is 5.14. The van der Waals surface area contributed by atoms with Gasteiger partial charge in [-0.25, -0.2) is 0 Å². The van der Waals surface area contributed by atoms with Crippen molar-refractivity contribution in [3.8, 4) is 0 Å². The highest BCUT2D eigenvalue weighted by Crippen LogP contribution is 2.17. The summed E-state index contributed by atoms with van der Waals surface area (Å²) >= 11 is 0. The van der Waals surface area contributed by atoms with E-state index in [0.29, 0.717) is 0 Å². The summed E-state index contributed by atoms with van der Waals surface area (Å²) in [5.41, 5.74) is -1.02. The third-order valence-electron chi connectivity index (χ3n) is 3.83. The van der Waals surface area contributed by atoms with Crippen LogP contribution in [0.3, 0.4) is 0 Å². The summed E-state index contributed by atoms with van der Waals surface area (Å²) in [6.45, 7) is 3.32. The van der Waals surface area contributed by atoms with E-state index in [9.17, 15) is 9.59 Å². The van der Waals surface area contributed by atoms with Crippen LogP contribution in [0.1, 0.15) is 46.0 Å². The maximum absolute atomic E-state index is 11.8. The zero-order valence-corrected chi connectivity index (χ0v) is 11.5. The van der Waals surface area contributed by atoms with Crippen molar-refractivity contribution in [2.45, 2.75) is 57.5 Å². The molecule has 0 radical (unpaired) electrons. The number of likely N-dealkylation sites (N-methyl/N-ethyl adjacent to an activating group) is 1. The molecular weight excluding hydrogens is 232 g/mol. The average Bonchev–Trinajstić information content (AvgIpc) is 2.29. The number of hydrogen-bond acceptors (Lipinski definition) is 3. The summed E-state index contributed by atoms with van der Waals surface area (Å²) < 4.78 is 0. The molecule has 0 aromatic heterocycles. The van der Waals surface area contributed by atoms with E-state index in [1.54, 1.807) is 25.8 Å². The molecule has 1 rings (SSSR count). The Bertz CT molecular complexity index is 309. The topological polar surface area (TPSA) is 69.6 Å². The van der Waals surface area contributed by atoms with Gasteiger partial charge in [0.15, 0.2) is 0 Å². The molecule has 0 spiro atoms. The monoisotopic (exact) mass is 256 g/mol. The smallest absolute Gasteiger partial charge is 0.323 e. The first-order chi connectivity index (χ1) is 8.34. The van der Waals surface area contributed by atoms with Crippen LogP contribution in [0.5, 0.6) is 0 Å². The van der Waals surface area contributed by atoms with Crippen molar-refractivity contribution in [1.29, 1.82) is 0 Å². The molecule has 5 heteroatoms. The van der Waals surface area contributed by atoms with Gasteiger partial charge in [-0.1, -0.05) is 19.3 Å². The second kappa shape index (κ2) is 6.18. The van der Waals surface area contributed by atoms with Crippen molar-refractivity contribution in [2.24, 2.45) is 0 Å². The first kappa shape index (κ1) is 15.0. The van der Waals surface area contributed by atoms with Gasteiger partial charge in [-0.15, -0.1) is 0 Å². The van der Waals surface area contributed by atoms with Crippen molar-refractivity contribution in [2.75, 3.05) is 13.6 Å². The Morgan fingerprint density at radius 3 is 2.33 bits per heavy atom.